The number of ether oxygens (including phenoxy) is 1. The molecule has 0 saturated carbocycles. The van der Waals surface area contributed by atoms with Crippen molar-refractivity contribution in [1.82, 2.24) is 20.2 Å². The first-order valence-corrected chi connectivity index (χ1v) is 9.20. The lowest BCUT2D eigenvalue weighted by Crippen LogP contribution is -2.38. The lowest BCUT2D eigenvalue weighted by Gasteiger charge is -2.31. The summed E-state index contributed by atoms with van der Waals surface area (Å²) in [5.74, 6) is 0.666. The van der Waals surface area contributed by atoms with E-state index in [1.54, 1.807) is 17.5 Å². The van der Waals surface area contributed by atoms with Crippen molar-refractivity contribution in [1.29, 1.82) is 0 Å². The van der Waals surface area contributed by atoms with E-state index in [-0.39, 0.29) is 11.5 Å². The maximum Gasteiger partial charge on any atom is 0.235 e. The van der Waals surface area contributed by atoms with Crippen LogP contribution in [0.4, 0.5) is 5.13 Å². The van der Waals surface area contributed by atoms with E-state index in [4.69, 9.17) is 4.74 Å². The molecule has 0 spiro atoms. The largest absolute Gasteiger partial charge is 0.473 e. The van der Waals surface area contributed by atoms with Gasteiger partial charge in [0.25, 0.3) is 0 Å². The Morgan fingerprint density at radius 3 is 2.50 bits per heavy atom. The molecule has 2 aromatic rings. The van der Waals surface area contributed by atoms with E-state index < -0.39 is 0 Å². The average Bonchev–Trinajstić information content (AvgIpc) is 3.02. The van der Waals surface area contributed by atoms with Crippen molar-refractivity contribution < 1.29 is 4.74 Å². The molecular weight excluding hydrogens is 322 g/mol. The molecular formula is C17H25N5OS. The zero-order valence-electron chi connectivity index (χ0n) is 15.0. The first-order chi connectivity index (χ1) is 11.3. The molecule has 0 radical (unpaired) electrons. The molecule has 24 heavy (non-hydrogen) atoms. The summed E-state index contributed by atoms with van der Waals surface area (Å²) in [6, 6.07) is 0. The first kappa shape index (κ1) is 17.1. The lowest BCUT2D eigenvalue weighted by molar-refractivity contribution is 0.161. The fraction of sp³-hybridized carbons (Fsp3) is 0.647. The van der Waals surface area contributed by atoms with E-state index in [0.29, 0.717) is 5.88 Å². The van der Waals surface area contributed by atoms with Gasteiger partial charge in [0, 0.05) is 37.5 Å². The van der Waals surface area contributed by atoms with Crippen LogP contribution in [0, 0.1) is 13.8 Å². The number of hydrogen-bond donors (Lipinski definition) is 0. The van der Waals surface area contributed by atoms with Gasteiger partial charge in [-0.2, -0.15) is 0 Å². The molecule has 1 aliphatic heterocycles. The molecule has 0 unspecified atom stereocenters. The first-order valence-electron chi connectivity index (χ1n) is 8.39. The van der Waals surface area contributed by atoms with Crippen LogP contribution >= 0.6 is 11.3 Å². The molecule has 0 aromatic carbocycles. The van der Waals surface area contributed by atoms with Gasteiger partial charge in [0.15, 0.2) is 0 Å². The third-order valence-corrected chi connectivity index (χ3v) is 5.49. The lowest BCUT2D eigenvalue weighted by atomic mass is 9.98. The van der Waals surface area contributed by atoms with E-state index in [1.165, 1.54) is 0 Å². The van der Waals surface area contributed by atoms with Gasteiger partial charge in [-0.3, -0.25) is 4.98 Å². The molecule has 6 nitrogen and oxygen atoms in total. The fourth-order valence-electron chi connectivity index (χ4n) is 2.60. The highest BCUT2D eigenvalue weighted by atomic mass is 32.1. The Hall–Kier alpha value is -1.76. The second kappa shape index (κ2) is 6.63. The van der Waals surface area contributed by atoms with Crippen molar-refractivity contribution in [3.63, 3.8) is 0 Å². The Kier molecular flexibility index (Phi) is 4.71. The zero-order chi connectivity index (χ0) is 17.3. The standard InChI is InChI=1S/C17H25N5OS/c1-11-10-18-12(2)14(19-11)23-13-6-8-22(9-7-13)16-21-20-15(24-16)17(3,4)5/h10,13H,6-9H2,1-5H3. The molecule has 3 rings (SSSR count). The third-order valence-electron chi connectivity index (χ3n) is 4.08. The number of rotatable bonds is 3. The molecule has 3 heterocycles. The van der Waals surface area contributed by atoms with Crippen LogP contribution in [0.3, 0.4) is 0 Å². The van der Waals surface area contributed by atoms with Crippen LogP contribution < -0.4 is 9.64 Å². The number of nitrogens with zero attached hydrogens (tertiary/aromatic N) is 5. The molecule has 0 bridgehead atoms. The molecule has 1 aliphatic rings. The summed E-state index contributed by atoms with van der Waals surface area (Å²) in [4.78, 5) is 11.1. The molecule has 1 fully saturated rings. The smallest absolute Gasteiger partial charge is 0.235 e. The molecule has 0 aliphatic carbocycles. The normalized spacial score (nSPS) is 16.5. The predicted octanol–water partition coefficient (Wildman–Crippen LogP) is 3.29. The topological polar surface area (TPSA) is 64.0 Å². The summed E-state index contributed by atoms with van der Waals surface area (Å²) in [6.45, 7) is 12.2. The summed E-state index contributed by atoms with van der Waals surface area (Å²) >= 11 is 1.70. The Labute approximate surface area is 147 Å². The Morgan fingerprint density at radius 2 is 1.88 bits per heavy atom. The van der Waals surface area contributed by atoms with Gasteiger partial charge in [0.1, 0.15) is 11.1 Å². The van der Waals surface area contributed by atoms with Gasteiger partial charge in [0.2, 0.25) is 11.0 Å². The van der Waals surface area contributed by atoms with Crippen LogP contribution in [-0.4, -0.2) is 39.4 Å². The van der Waals surface area contributed by atoms with Gasteiger partial charge in [-0.05, 0) is 13.8 Å². The van der Waals surface area contributed by atoms with Crippen molar-refractivity contribution in [2.75, 3.05) is 18.0 Å². The molecule has 0 amide bonds. The highest BCUT2D eigenvalue weighted by Crippen LogP contribution is 2.31. The van der Waals surface area contributed by atoms with E-state index >= 15 is 0 Å². The molecule has 1 saturated heterocycles. The minimum atomic E-state index is 0.0543. The van der Waals surface area contributed by atoms with Crippen LogP contribution in [0.2, 0.25) is 0 Å². The summed E-state index contributed by atoms with van der Waals surface area (Å²) in [5, 5.41) is 10.8. The number of piperidine rings is 1. The van der Waals surface area contributed by atoms with Crippen molar-refractivity contribution in [3.8, 4) is 5.88 Å². The summed E-state index contributed by atoms with van der Waals surface area (Å²) in [6.07, 6.45) is 3.87. The van der Waals surface area contributed by atoms with Crippen LogP contribution in [0.15, 0.2) is 6.20 Å². The highest BCUT2D eigenvalue weighted by molar-refractivity contribution is 7.15. The second-order valence-corrected chi connectivity index (χ2v) is 8.30. The number of aromatic nitrogens is 4. The van der Waals surface area contributed by atoms with Gasteiger partial charge < -0.3 is 9.64 Å². The summed E-state index contributed by atoms with van der Waals surface area (Å²) < 4.78 is 6.08. The van der Waals surface area contributed by atoms with Crippen molar-refractivity contribution in [3.05, 3.63) is 22.6 Å². The van der Waals surface area contributed by atoms with Gasteiger partial charge in [0.05, 0.1) is 11.4 Å². The highest BCUT2D eigenvalue weighted by Gasteiger charge is 2.26. The van der Waals surface area contributed by atoms with E-state index in [9.17, 15) is 0 Å². The number of anilines is 1. The summed E-state index contributed by atoms with van der Waals surface area (Å²) in [7, 11) is 0. The van der Waals surface area contributed by atoms with Gasteiger partial charge in [-0.1, -0.05) is 32.1 Å². The minimum Gasteiger partial charge on any atom is -0.473 e. The molecule has 0 N–H and O–H groups in total. The van der Waals surface area contributed by atoms with Gasteiger partial charge in [-0.25, -0.2) is 4.98 Å². The Morgan fingerprint density at radius 1 is 1.17 bits per heavy atom. The zero-order valence-corrected chi connectivity index (χ0v) is 15.9. The van der Waals surface area contributed by atoms with Crippen molar-refractivity contribution >= 4 is 16.5 Å². The third kappa shape index (κ3) is 3.83. The quantitative estimate of drug-likeness (QED) is 0.849. The Balaban J connectivity index is 1.60. The van der Waals surface area contributed by atoms with Crippen molar-refractivity contribution in [2.45, 2.75) is 59.0 Å². The summed E-state index contributed by atoms with van der Waals surface area (Å²) in [5.41, 5.74) is 1.79. The Bertz CT molecular complexity index is 701. The number of hydrogen-bond acceptors (Lipinski definition) is 7. The minimum absolute atomic E-state index is 0.0543. The molecule has 130 valence electrons. The van der Waals surface area contributed by atoms with E-state index in [2.05, 4.69) is 45.8 Å². The van der Waals surface area contributed by atoms with Crippen LogP contribution in [0.25, 0.3) is 0 Å². The monoisotopic (exact) mass is 347 g/mol. The average molecular weight is 347 g/mol. The van der Waals surface area contributed by atoms with Crippen LogP contribution in [0.1, 0.15) is 50.0 Å². The predicted molar refractivity (Wildman–Crippen MR) is 96.0 cm³/mol. The van der Waals surface area contributed by atoms with E-state index in [0.717, 1.165) is 47.5 Å². The number of aryl methyl sites for hydroxylation is 2. The van der Waals surface area contributed by atoms with Gasteiger partial charge >= 0.3 is 0 Å². The maximum atomic E-state index is 6.08. The second-order valence-electron chi connectivity index (χ2n) is 7.35. The maximum absolute atomic E-state index is 6.08. The van der Waals surface area contributed by atoms with Crippen LogP contribution in [-0.2, 0) is 5.41 Å². The SMILES string of the molecule is Cc1cnc(C)c(OC2CCN(c3nnc(C(C)(C)C)s3)CC2)n1. The van der Waals surface area contributed by atoms with Gasteiger partial charge in [-0.15, -0.1) is 10.2 Å². The molecule has 2 aromatic heterocycles. The molecule has 0 atom stereocenters. The van der Waals surface area contributed by atoms with Crippen LogP contribution in [0.5, 0.6) is 5.88 Å². The van der Waals surface area contributed by atoms with E-state index in [1.807, 2.05) is 13.8 Å². The fourth-order valence-corrected chi connectivity index (χ4v) is 3.55. The molecule has 7 heteroatoms. The van der Waals surface area contributed by atoms with Crippen molar-refractivity contribution in [2.24, 2.45) is 0 Å².